The van der Waals surface area contributed by atoms with Gasteiger partial charge < -0.3 is 10.5 Å². The number of rotatable bonds is 4. The molecule has 1 aliphatic carbocycles. The summed E-state index contributed by atoms with van der Waals surface area (Å²) in [6, 6.07) is 3.06. The molecule has 0 aromatic heterocycles. The van der Waals surface area contributed by atoms with E-state index in [0.717, 1.165) is 30.4 Å². The van der Waals surface area contributed by atoms with Crippen molar-refractivity contribution in [1.82, 2.24) is 0 Å². The van der Waals surface area contributed by atoms with E-state index in [0.29, 0.717) is 11.7 Å². The van der Waals surface area contributed by atoms with Crippen LogP contribution in [0.2, 0.25) is 0 Å². The van der Waals surface area contributed by atoms with E-state index in [1.165, 1.54) is 6.07 Å². The van der Waals surface area contributed by atoms with Crippen molar-refractivity contribution >= 4 is 0 Å². The summed E-state index contributed by atoms with van der Waals surface area (Å²) in [7, 11) is 1.58. The van der Waals surface area contributed by atoms with Crippen LogP contribution in [-0.4, -0.2) is 12.6 Å². The maximum Gasteiger partial charge on any atom is 0.127 e. The Labute approximate surface area is 102 Å². The van der Waals surface area contributed by atoms with Gasteiger partial charge in [0.1, 0.15) is 11.6 Å². The fraction of sp³-hybridized carbons (Fsp3) is 0.571. The zero-order valence-corrected chi connectivity index (χ0v) is 10.7. The van der Waals surface area contributed by atoms with Crippen LogP contribution in [0.3, 0.4) is 0 Å². The van der Waals surface area contributed by atoms with E-state index in [-0.39, 0.29) is 11.4 Å². The highest BCUT2D eigenvalue weighted by Crippen LogP contribution is 2.39. The molecular formula is C14H20FNO. The van der Waals surface area contributed by atoms with Crippen LogP contribution in [0.4, 0.5) is 4.39 Å². The molecule has 3 heteroatoms. The van der Waals surface area contributed by atoms with Crippen molar-refractivity contribution in [3.8, 4) is 5.75 Å². The van der Waals surface area contributed by atoms with Gasteiger partial charge in [0, 0.05) is 17.2 Å². The van der Waals surface area contributed by atoms with Gasteiger partial charge in [-0.3, -0.25) is 0 Å². The molecule has 1 aromatic carbocycles. The van der Waals surface area contributed by atoms with Crippen LogP contribution in [0.5, 0.6) is 5.75 Å². The van der Waals surface area contributed by atoms with Gasteiger partial charge >= 0.3 is 0 Å². The number of hydrogen-bond acceptors (Lipinski definition) is 2. The van der Waals surface area contributed by atoms with Gasteiger partial charge in [-0.05, 0) is 36.8 Å². The van der Waals surface area contributed by atoms with Crippen molar-refractivity contribution in [3.63, 3.8) is 0 Å². The maximum atomic E-state index is 13.5. The lowest BCUT2D eigenvalue weighted by Gasteiger charge is -2.19. The molecule has 2 rings (SSSR count). The van der Waals surface area contributed by atoms with E-state index in [1.54, 1.807) is 13.2 Å². The van der Waals surface area contributed by atoms with Gasteiger partial charge in [0.25, 0.3) is 0 Å². The van der Waals surface area contributed by atoms with Crippen LogP contribution in [0, 0.1) is 5.82 Å². The lowest BCUT2D eigenvalue weighted by molar-refractivity contribution is 0.402. The minimum atomic E-state index is -0.245. The Balaban J connectivity index is 2.43. The second kappa shape index (κ2) is 4.30. The van der Waals surface area contributed by atoms with Crippen LogP contribution in [-0.2, 0) is 6.42 Å². The maximum absolute atomic E-state index is 13.5. The predicted octanol–water partition coefficient (Wildman–Crippen LogP) is 2.99. The number of methoxy groups -OCH3 is 1. The summed E-state index contributed by atoms with van der Waals surface area (Å²) in [6.45, 7) is 4.19. The minimum Gasteiger partial charge on any atom is -0.496 e. The summed E-state index contributed by atoms with van der Waals surface area (Å²) < 4.78 is 18.8. The Morgan fingerprint density at radius 3 is 2.53 bits per heavy atom. The van der Waals surface area contributed by atoms with Crippen molar-refractivity contribution in [2.24, 2.45) is 5.73 Å². The fourth-order valence-corrected chi connectivity index (χ4v) is 2.33. The van der Waals surface area contributed by atoms with E-state index in [9.17, 15) is 4.39 Å². The molecule has 2 nitrogen and oxygen atoms in total. The summed E-state index contributed by atoms with van der Waals surface area (Å²) in [4.78, 5) is 0. The Morgan fingerprint density at radius 1 is 1.41 bits per heavy atom. The van der Waals surface area contributed by atoms with Gasteiger partial charge in [-0.2, -0.15) is 0 Å². The second-order valence-corrected chi connectivity index (χ2v) is 5.37. The van der Waals surface area contributed by atoms with Crippen LogP contribution in [0.25, 0.3) is 0 Å². The van der Waals surface area contributed by atoms with Crippen molar-refractivity contribution in [3.05, 3.63) is 29.1 Å². The SMILES string of the molecule is COc1cc(F)cc(CC2(N)CC2)c1C(C)C. The third kappa shape index (κ3) is 2.60. The third-order valence-corrected chi connectivity index (χ3v) is 3.42. The predicted molar refractivity (Wildman–Crippen MR) is 66.9 cm³/mol. The first-order valence-electron chi connectivity index (χ1n) is 6.10. The van der Waals surface area contributed by atoms with Gasteiger partial charge in [0.15, 0.2) is 0 Å². The van der Waals surface area contributed by atoms with E-state index in [4.69, 9.17) is 10.5 Å². The smallest absolute Gasteiger partial charge is 0.127 e. The standard InChI is InChI=1S/C14H20FNO/c1-9(2)13-10(8-14(16)4-5-14)6-11(15)7-12(13)17-3/h6-7,9H,4-5,8,16H2,1-3H3. The lowest BCUT2D eigenvalue weighted by atomic mass is 9.91. The first-order valence-corrected chi connectivity index (χ1v) is 6.10. The molecule has 0 heterocycles. The third-order valence-electron chi connectivity index (χ3n) is 3.42. The Bertz CT molecular complexity index is 424. The first kappa shape index (κ1) is 12.4. The molecule has 17 heavy (non-hydrogen) atoms. The molecule has 0 unspecified atom stereocenters. The van der Waals surface area contributed by atoms with E-state index in [2.05, 4.69) is 13.8 Å². The fourth-order valence-electron chi connectivity index (χ4n) is 2.33. The van der Waals surface area contributed by atoms with E-state index < -0.39 is 0 Å². The Hall–Kier alpha value is -1.09. The molecular weight excluding hydrogens is 217 g/mol. The van der Waals surface area contributed by atoms with Gasteiger partial charge in [0.2, 0.25) is 0 Å². The summed E-state index contributed by atoms with van der Waals surface area (Å²) in [5, 5.41) is 0. The second-order valence-electron chi connectivity index (χ2n) is 5.37. The molecule has 1 saturated carbocycles. The number of ether oxygens (including phenoxy) is 1. The average molecular weight is 237 g/mol. The summed E-state index contributed by atoms with van der Waals surface area (Å²) in [5.74, 6) is 0.702. The first-order chi connectivity index (χ1) is 7.95. The molecule has 1 fully saturated rings. The molecule has 0 atom stereocenters. The van der Waals surface area contributed by atoms with E-state index in [1.807, 2.05) is 0 Å². The summed E-state index contributed by atoms with van der Waals surface area (Å²) in [6.07, 6.45) is 2.81. The quantitative estimate of drug-likeness (QED) is 0.873. The van der Waals surface area contributed by atoms with Gasteiger partial charge in [-0.15, -0.1) is 0 Å². The molecule has 0 saturated heterocycles. The highest BCUT2D eigenvalue weighted by atomic mass is 19.1. The molecule has 1 aromatic rings. The Kier molecular flexibility index (Phi) is 3.13. The van der Waals surface area contributed by atoms with Gasteiger partial charge in [-0.1, -0.05) is 13.8 Å². The monoisotopic (exact) mass is 237 g/mol. The molecule has 0 bridgehead atoms. The number of nitrogens with two attached hydrogens (primary N) is 1. The molecule has 0 amide bonds. The summed E-state index contributed by atoms with van der Waals surface area (Å²) >= 11 is 0. The topological polar surface area (TPSA) is 35.2 Å². The number of hydrogen-bond donors (Lipinski definition) is 1. The highest BCUT2D eigenvalue weighted by molar-refractivity contribution is 5.44. The molecule has 1 aliphatic rings. The Morgan fingerprint density at radius 2 is 2.06 bits per heavy atom. The zero-order chi connectivity index (χ0) is 12.6. The lowest BCUT2D eigenvalue weighted by Crippen LogP contribution is -2.25. The molecule has 0 spiro atoms. The highest BCUT2D eigenvalue weighted by Gasteiger charge is 2.39. The van der Waals surface area contributed by atoms with Crippen molar-refractivity contribution in [1.29, 1.82) is 0 Å². The normalized spacial score (nSPS) is 17.3. The number of halogens is 1. The minimum absolute atomic E-state index is 0.109. The molecule has 2 N–H and O–H groups in total. The van der Waals surface area contributed by atoms with Crippen LogP contribution in [0.1, 0.15) is 43.7 Å². The molecule has 94 valence electrons. The van der Waals surface area contributed by atoms with Crippen molar-refractivity contribution in [2.75, 3.05) is 7.11 Å². The van der Waals surface area contributed by atoms with Crippen LogP contribution >= 0.6 is 0 Å². The van der Waals surface area contributed by atoms with Gasteiger partial charge in [0.05, 0.1) is 7.11 Å². The van der Waals surface area contributed by atoms with E-state index >= 15 is 0 Å². The zero-order valence-electron chi connectivity index (χ0n) is 10.7. The molecule has 0 radical (unpaired) electrons. The van der Waals surface area contributed by atoms with Gasteiger partial charge in [-0.25, -0.2) is 4.39 Å². The largest absolute Gasteiger partial charge is 0.496 e. The van der Waals surface area contributed by atoms with Crippen molar-refractivity contribution in [2.45, 2.75) is 44.6 Å². The van der Waals surface area contributed by atoms with Crippen LogP contribution < -0.4 is 10.5 Å². The average Bonchev–Trinajstić information content (AvgIpc) is 2.94. The number of benzene rings is 1. The van der Waals surface area contributed by atoms with Crippen molar-refractivity contribution < 1.29 is 9.13 Å². The molecule has 0 aliphatic heterocycles. The van der Waals surface area contributed by atoms with Crippen LogP contribution in [0.15, 0.2) is 12.1 Å². The summed E-state index contributed by atoms with van der Waals surface area (Å²) in [5.41, 5.74) is 8.10.